The zero-order valence-electron chi connectivity index (χ0n) is 16.8. The number of rotatable bonds is 6. The Morgan fingerprint density at radius 1 is 1.23 bits per heavy atom. The third-order valence-corrected chi connectivity index (χ3v) is 5.46. The lowest BCUT2D eigenvalue weighted by atomic mass is 9.95. The molecule has 168 valence electrons. The van der Waals surface area contributed by atoms with Gasteiger partial charge in [-0.15, -0.1) is 0 Å². The van der Waals surface area contributed by atoms with Crippen molar-refractivity contribution < 1.29 is 33.3 Å². The topological polar surface area (TPSA) is 182 Å². The second kappa shape index (κ2) is 8.47. The van der Waals surface area contributed by atoms with Gasteiger partial charge in [0, 0.05) is 27.2 Å². The zero-order valence-corrected chi connectivity index (χ0v) is 17.6. The number of H-pyrrole nitrogens is 1. The van der Waals surface area contributed by atoms with Crippen LogP contribution in [0.25, 0.3) is 10.3 Å². The molecule has 0 aliphatic carbocycles. The van der Waals surface area contributed by atoms with E-state index >= 15 is 0 Å². The number of ether oxygens (including phenoxy) is 4. The molecule has 0 radical (unpaired) electrons. The fourth-order valence-electron chi connectivity index (χ4n) is 3.32. The van der Waals surface area contributed by atoms with Crippen LogP contribution in [0, 0.1) is 0 Å². The smallest absolute Gasteiger partial charge is 0.311 e. The lowest BCUT2D eigenvalue weighted by molar-refractivity contribution is -0.183. The Morgan fingerprint density at radius 2 is 1.90 bits per heavy atom. The highest BCUT2D eigenvalue weighted by atomic mass is 32.1. The molecule has 0 aromatic carbocycles. The summed E-state index contributed by atoms with van der Waals surface area (Å²) in [6.45, 7) is 2.76. The standard InChI is InChI=1S/C17H20N4O9S/c1-7(22)27-5-10-17(30-9(3)24,6-28-8(2)23)4-11(29-10)21-13-12(31-16(21)26)14(25)20-15(18)19-13/h10-11H,4-6H2,1-3H3,(H3,18,19,20,25)/t10-,11-,17+/m1/s1. The summed E-state index contributed by atoms with van der Waals surface area (Å²) in [4.78, 5) is 65.1. The first-order valence-corrected chi connectivity index (χ1v) is 9.86. The summed E-state index contributed by atoms with van der Waals surface area (Å²) < 4.78 is 22.6. The first-order valence-electron chi connectivity index (χ1n) is 9.05. The molecule has 1 aliphatic heterocycles. The largest absolute Gasteiger partial charge is 0.463 e. The molecule has 3 heterocycles. The first-order chi connectivity index (χ1) is 14.5. The molecule has 2 aromatic rings. The van der Waals surface area contributed by atoms with Crippen molar-refractivity contribution in [2.45, 2.75) is 45.1 Å². The van der Waals surface area contributed by atoms with E-state index < -0.39 is 52.9 Å². The summed E-state index contributed by atoms with van der Waals surface area (Å²) in [6, 6.07) is 0. The van der Waals surface area contributed by atoms with Gasteiger partial charge in [-0.25, -0.2) is 0 Å². The van der Waals surface area contributed by atoms with Crippen LogP contribution in [0.5, 0.6) is 0 Å². The summed E-state index contributed by atoms with van der Waals surface area (Å²) in [6.07, 6.45) is -2.30. The van der Waals surface area contributed by atoms with Gasteiger partial charge in [0.25, 0.3) is 5.56 Å². The Labute approximate surface area is 178 Å². The lowest BCUT2D eigenvalue weighted by Crippen LogP contribution is -2.49. The van der Waals surface area contributed by atoms with Crippen molar-refractivity contribution in [3.05, 3.63) is 20.0 Å². The lowest BCUT2D eigenvalue weighted by Gasteiger charge is -2.31. The van der Waals surface area contributed by atoms with Crippen LogP contribution in [0.4, 0.5) is 5.95 Å². The molecule has 1 aliphatic rings. The number of nitrogen functional groups attached to an aromatic ring is 1. The number of thiazole rings is 1. The fraction of sp³-hybridized carbons (Fsp3) is 0.529. The highest BCUT2D eigenvalue weighted by molar-refractivity contribution is 7.16. The first kappa shape index (κ1) is 22.4. The Bertz CT molecular complexity index is 1150. The van der Waals surface area contributed by atoms with Crippen molar-refractivity contribution in [2.24, 2.45) is 0 Å². The van der Waals surface area contributed by atoms with E-state index in [-0.39, 0.29) is 29.3 Å². The zero-order chi connectivity index (χ0) is 22.9. The quantitative estimate of drug-likeness (QED) is 0.420. The minimum atomic E-state index is -1.56. The van der Waals surface area contributed by atoms with Crippen LogP contribution >= 0.6 is 11.3 Å². The number of carbonyl (C=O) groups is 3. The summed E-state index contributed by atoms with van der Waals surface area (Å²) in [5.41, 5.74) is 3.44. The van der Waals surface area contributed by atoms with Gasteiger partial charge in [-0.2, -0.15) is 4.98 Å². The molecule has 1 fully saturated rings. The molecule has 14 heteroatoms. The van der Waals surface area contributed by atoms with Crippen molar-refractivity contribution in [3.8, 4) is 0 Å². The maximum atomic E-state index is 12.7. The van der Waals surface area contributed by atoms with E-state index in [1.165, 1.54) is 13.8 Å². The van der Waals surface area contributed by atoms with Crippen molar-refractivity contribution >= 4 is 45.5 Å². The monoisotopic (exact) mass is 456 g/mol. The second-order valence-electron chi connectivity index (χ2n) is 6.87. The number of anilines is 1. The minimum absolute atomic E-state index is 0.0152. The van der Waals surface area contributed by atoms with Crippen LogP contribution in [0.3, 0.4) is 0 Å². The average molecular weight is 456 g/mol. The summed E-state index contributed by atoms with van der Waals surface area (Å²) in [7, 11) is 0. The van der Waals surface area contributed by atoms with Crippen LogP contribution in [0.1, 0.15) is 33.4 Å². The highest BCUT2D eigenvalue weighted by Gasteiger charge is 2.54. The predicted octanol–water partition coefficient (Wildman–Crippen LogP) is -0.556. The maximum Gasteiger partial charge on any atom is 0.311 e. The third-order valence-electron chi connectivity index (χ3n) is 4.51. The van der Waals surface area contributed by atoms with Gasteiger partial charge < -0.3 is 24.7 Å². The summed E-state index contributed by atoms with van der Waals surface area (Å²) >= 11 is 0.640. The molecule has 0 amide bonds. The number of nitrogens with two attached hydrogens (primary N) is 1. The molecule has 3 rings (SSSR count). The average Bonchev–Trinajstić information content (AvgIpc) is 3.15. The Hall–Kier alpha value is -3.26. The second-order valence-corrected chi connectivity index (χ2v) is 7.83. The van der Waals surface area contributed by atoms with Crippen molar-refractivity contribution in [2.75, 3.05) is 18.9 Å². The fourth-order valence-corrected chi connectivity index (χ4v) is 4.18. The maximum absolute atomic E-state index is 12.7. The van der Waals surface area contributed by atoms with Crippen LogP contribution in [0.2, 0.25) is 0 Å². The summed E-state index contributed by atoms with van der Waals surface area (Å²) in [5, 5.41) is 0. The molecule has 3 N–H and O–H groups in total. The van der Waals surface area contributed by atoms with Crippen LogP contribution in [-0.2, 0) is 33.3 Å². The highest BCUT2D eigenvalue weighted by Crippen LogP contribution is 2.41. The van der Waals surface area contributed by atoms with Gasteiger partial charge in [0.15, 0.2) is 11.2 Å². The van der Waals surface area contributed by atoms with Crippen LogP contribution in [-0.4, -0.2) is 57.4 Å². The molecule has 2 aromatic heterocycles. The molecule has 0 saturated carbocycles. The van der Waals surface area contributed by atoms with E-state index in [4.69, 9.17) is 24.7 Å². The number of carbonyl (C=O) groups excluding carboxylic acids is 3. The molecular formula is C17H20N4O9S. The Balaban J connectivity index is 2.08. The van der Waals surface area contributed by atoms with Crippen molar-refractivity contribution in [3.63, 3.8) is 0 Å². The predicted molar refractivity (Wildman–Crippen MR) is 105 cm³/mol. The molecule has 0 unspecified atom stereocenters. The molecule has 31 heavy (non-hydrogen) atoms. The molecule has 0 bridgehead atoms. The number of hydrogen-bond acceptors (Lipinski definition) is 12. The normalized spacial score (nSPS) is 22.9. The molecule has 0 spiro atoms. The van der Waals surface area contributed by atoms with Gasteiger partial charge in [-0.1, -0.05) is 11.3 Å². The van der Waals surface area contributed by atoms with Gasteiger partial charge in [-0.3, -0.25) is 33.5 Å². The van der Waals surface area contributed by atoms with Gasteiger partial charge in [0.05, 0.1) is 0 Å². The molecule has 1 saturated heterocycles. The van der Waals surface area contributed by atoms with Gasteiger partial charge in [0.1, 0.15) is 30.2 Å². The van der Waals surface area contributed by atoms with Crippen molar-refractivity contribution in [1.82, 2.24) is 14.5 Å². The van der Waals surface area contributed by atoms with Crippen LogP contribution in [0.15, 0.2) is 9.59 Å². The number of aromatic amines is 1. The SMILES string of the molecule is CC(=O)OC[C@H]1O[C@@H](n2c(=O)sc3c(=O)[nH]c(N)nc32)C[C@@]1(COC(C)=O)OC(C)=O. The van der Waals surface area contributed by atoms with Gasteiger partial charge in [0.2, 0.25) is 5.95 Å². The van der Waals surface area contributed by atoms with Gasteiger partial charge in [-0.05, 0) is 0 Å². The number of nitrogens with one attached hydrogen (secondary N) is 1. The molecule has 13 nitrogen and oxygen atoms in total. The molecular weight excluding hydrogens is 436 g/mol. The summed E-state index contributed by atoms with van der Waals surface area (Å²) in [5.74, 6) is -2.16. The van der Waals surface area contributed by atoms with E-state index in [0.717, 1.165) is 11.5 Å². The van der Waals surface area contributed by atoms with E-state index in [1.807, 2.05) is 0 Å². The number of hydrogen-bond donors (Lipinski definition) is 2. The van der Waals surface area contributed by atoms with E-state index in [9.17, 15) is 24.0 Å². The van der Waals surface area contributed by atoms with E-state index in [2.05, 4.69) is 9.97 Å². The number of aromatic nitrogens is 3. The molecule has 3 atom stereocenters. The van der Waals surface area contributed by atoms with E-state index in [0.29, 0.717) is 11.3 Å². The number of nitrogens with zero attached hydrogens (tertiary/aromatic N) is 2. The van der Waals surface area contributed by atoms with Crippen molar-refractivity contribution in [1.29, 1.82) is 0 Å². The third kappa shape index (κ3) is 4.59. The Morgan fingerprint density at radius 3 is 2.52 bits per heavy atom. The van der Waals surface area contributed by atoms with Crippen LogP contribution < -0.4 is 16.2 Å². The number of fused-ring (bicyclic) bond motifs is 1. The van der Waals surface area contributed by atoms with Gasteiger partial charge >= 0.3 is 22.8 Å². The minimum Gasteiger partial charge on any atom is -0.463 e. The van der Waals surface area contributed by atoms with E-state index in [1.54, 1.807) is 0 Å². The Kier molecular flexibility index (Phi) is 6.13. The number of esters is 3.